The minimum atomic E-state index is 0. The normalized spacial score (nSPS) is 11.0. The number of aromatic nitrogens is 3. The third kappa shape index (κ3) is 8.15. The Bertz CT molecular complexity index is 671. The van der Waals surface area contributed by atoms with E-state index in [2.05, 4.69) is 49.4 Å². The summed E-state index contributed by atoms with van der Waals surface area (Å²) in [6, 6.07) is 8.28. The molecule has 1 aromatic heterocycles. The standard InChI is InChI=1S/C19H30N6O.HI/c1-4-18-24-23-15-25(18)14-13-22-19(20-2)21-12-6-5-7-16-8-10-17(26-3)11-9-16;/h8-11,15H,4-7,12-14H2,1-3H3,(H2,20,21,22);1H. The van der Waals surface area contributed by atoms with Gasteiger partial charge in [-0.2, -0.15) is 0 Å². The van der Waals surface area contributed by atoms with Crippen molar-refractivity contribution in [3.8, 4) is 5.75 Å². The summed E-state index contributed by atoms with van der Waals surface area (Å²) in [5.41, 5.74) is 1.34. The van der Waals surface area contributed by atoms with E-state index in [9.17, 15) is 0 Å². The van der Waals surface area contributed by atoms with Crippen molar-refractivity contribution in [2.45, 2.75) is 39.2 Å². The second-order valence-corrected chi connectivity index (χ2v) is 6.03. The van der Waals surface area contributed by atoms with Crippen molar-refractivity contribution in [2.24, 2.45) is 4.99 Å². The molecule has 2 rings (SSSR count). The Balaban J connectivity index is 0.00000364. The fourth-order valence-corrected chi connectivity index (χ4v) is 2.71. The molecule has 2 N–H and O–H groups in total. The number of halogens is 1. The van der Waals surface area contributed by atoms with Crippen LogP contribution in [0.2, 0.25) is 0 Å². The molecular weight excluding hydrogens is 455 g/mol. The molecule has 0 radical (unpaired) electrons. The van der Waals surface area contributed by atoms with E-state index in [-0.39, 0.29) is 24.0 Å². The smallest absolute Gasteiger partial charge is 0.191 e. The van der Waals surface area contributed by atoms with Gasteiger partial charge in [0.05, 0.1) is 7.11 Å². The number of ether oxygens (including phenoxy) is 1. The van der Waals surface area contributed by atoms with Crippen LogP contribution in [0.15, 0.2) is 35.6 Å². The van der Waals surface area contributed by atoms with E-state index in [1.54, 1.807) is 20.5 Å². The molecule has 7 nitrogen and oxygen atoms in total. The fourth-order valence-electron chi connectivity index (χ4n) is 2.71. The molecule has 2 aromatic rings. The lowest BCUT2D eigenvalue weighted by Gasteiger charge is -2.12. The number of unbranched alkanes of at least 4 members (excludes halogenated alkanes) is 1. The lowest BCUT2D eigenvalue weighted by molar-refractivity contribution is 0.414. The molecule has 8 heteroatoms. The quantitative estimate of drug-likeness (QED) is 0.234. The molecule has 0 saturated carbocycles. The summed E-state index contributed by atoms with van der Waals surface area (Å²) in [6.07, 6.45) is 5.97. The Morgan fingerprint density at radius 1 is 1.15 bits per heavy atom. The summed E-state index contributed by atoms with van der Waals surface area (Å²) in [7, 11) is 3.49. The van der Waals surface area contributed by atoms with Crippen LogP contribution in [0, 0.1) is 0 Å². The zero-order chi connectivity index (χ0) is 18.6. The van der Waals surface area contributed by atoms with Gasteiger partial charge in [-0.15, -0.1) is 34.2 Å². The number of nitrogens with one attached hydrogen (secondary N) is 2. The lowest BCUT2D eigenvalue weighted by Crippen LogP contribution is -2.39. The Labute approximate surface area is 179 Å². The molecule has 0 saturated heterocycles. The first-order chi connectivity index (χ1) is 12.8. The van der Waals surface area contributed by atoms with Crippen molar-refractivity contribution in [3.63, 3.8) is 0 Å². The first-order valence-corrected chi connectivity index (χ1v) is 9.21. The van der Waals surface area contributed by atoms with Crippen LogP contribution < -0.4 is 15.4 Å². The van der Waals surface area contributed by atoms with Crippen molar-refractivity contribution in [3.05, 3.63) is 42.0 Å². The highest BCUT2D eigenvalue weighted by Crippen LogP contribution is 2.12. The number of benzene rings is 1. The SMILES string of the molecule is CCc1nncn1CCNC(=NC)NCCCCc1ccc(OC)cc1.I. The fraction of sp³-hybridized carbons (Fsp3) is 0.526. The number of aryl methyl sites for hydroxylation is 2. The number of nitrogens with zero attached hydrogens (tertiary/aromatic N) is 4. The van der Waals surface area contributed by atoms with Crippen molar-refractivity contribution >= 4 is 29.9 Å². The number of methoxy groups -OCH3 is 1. The van der Waals surface area contributed by atoms with E-state index in [0.29, 0.717) is 0 Å². The van der Waals surface area contributed by atoms with Crippen LogP contribution in [0.4, 0.5) is 0 Å². The van der Waals surface area contributed by atoms with Gasteiger partial charge in [-0.25, -0.2) is 0 Å². The summed E-state index contributed by atoms with van der Waals surface area (Å²) >= 11 is 0. The van der Waals surface area contributed by atoms with Gasteiger partial charge in [-0.05, 0) is 37.0 Å². The second kappa shape index (κ2) is 13.3. The molecule has 0 fully saturated rings. The Morgan fingerprint density at radius 3 is 2.56 bits per heavy atom. The number of hydrogen-bond acceptors (Lipinski definition) is 4. The van der Waals surface area contributed by atoms with Gasteiger partial charge in [0.1, 0.15) is 17.9 Å². The minimum absolute atomic E-state index is 0. The highest BCUT2D eigenvalue weighted by molar-refractivity contribution is 14.0. The van der Waals surface area contributed by atoms with Gasteiger partial charge in [0, 0.05) is 33.1 Å². The largest absolute Gasteiger partial charge is 0.497 e. The van der Waals surface area contributed by atoms with Gasteiger partial charge in [0.25, 0.3) is 0 Å². The average molecular weight is 486 g/mol. The molecule has 1 heterocycles. The molecule has 0 bridgehead atoms. The van der Waals surface area contributed by atoms with Gasteiger partial charge in [-0.3, -0.25) is 4.99 Å². The van der Waals surface area contributed by atoms with Crippen LogP contribution in [0.5, 0.6) is 5.75 Å². The van der Waals surface area contributed by atoms with Gasteiger partial charge >= 0.3 is 0 Å². The third-order valence-electron chi connectivity index (χ3n) is 4.22. The van der Waals surface area contributed by atoms with Crippen molar-refractivity contribution in [2.75, 3.05) is 27.2 Å². The van der Waals surface area contributed by atoms with E-state index in [1.165, 1.54) is 5.56 Å². The monoisotopic (exact) mass is 486 g/mol. The van der Waals surface area contributed by atoms with Crippen LogP contribution in [-0.4, -0.2) is 48.0 Å². The highest BCUT2D eigenvalue weighted by atomic mass is 127. The maximum absolute atomic E-state index is 5.18. The van der Waals surface area contributed by atoms with Crippen molar-refractivity contribution in [1.29, 1.82) is 0 Å². The predicted molar refractivity (Wildman–Crippen MR) is 120 cm³/mol. The molecule has 0 unspecified atom stereocenters. The van der Waals surface area contributed by atoms with Gasteiger partial charge in [-0.1, -0.05) is 19.1 Å². The zero-order valence-electron chi connectivity index (χ0n) is 16.4. The maximum atomic E-state index is 5.18. The number of rotatable bonds is 10. The number of guanidine groups is 1. The zero-order valence-corrected chi connectivity index (χ0v) is 18.8. The van der Waals surface area contributed by atoms with Crippen LogP contribution in [0.25, 0.3) is 0 Å². The Kier molecular flexibility index (Phi) is 11.5. The van der Waals surface area contributed by atoms with E-state index < -0.39 is 0 Å². The van der Waals surface area contributed by atoms with E-state index in [1.807, 2.05) is 12.1 Å². The Hall–Kier alpha value is -1.84. The summed E-state index contributed by atoms with van der Waals surface area (Å²) < 4.78 is 7.25. The molecule has 150 valence electrons. The molecule has 1 aromatic carbocycles. The highest BCUT2D eigenvalue weighted by Gasteiger charge is 2.02. The molecule has 0 spiro atoms. The summed E-state index contributed by atoms with van der Waals surface area (Å²) in [5.74, 6) is 2.75. The topological polar surface area (TPSA) is 76.4 Å². The van der Waals surface area contributed by atoms with Gasteiger partial charge in [0.2, 0.25) is 0 Å². The van der Waals surface area contributed by atoms with Gasteiger partial charge < -0.3 is 19.9 Å². The van der Waals surface area contributed by atoms with Gasteiger partial charge in [0.15, 0.2) is 5.96 Å². The van der Waals surface area contributed by atoms with Crippen molar-refractivity contribution < 1.29 is 4.74 Å². The molecule has 0 aliphatic rings. The second-order valence-electron chi connectivity index (χ2n) is 6.03. The van der Waals surface area contributed by atoms with Crippen LogP contribution in [-0.2, 0) is 19.4 Å². The van der Waals surface area contributed by atoms with Crippen LogP contribution >= 0.6 is 24.0 Å². The maximum Gasteiger partial charge on any atom is 0.191 e. The first-order valence-electron chi connectivity index (χ1n) is 9.21. The molecule has 0 aliphatic heterocycles. The molecular formula is C19H31IN6O. The molecule has 27 heavy (non-hydrogen) atoms. The van der Waals surface area contributed by atoms with Crippen molar-refractivity contribution in [1.82, 2.24) is 25.4 Å². The van der Waals surface area contributed by atoms with E-state index in [0.717, 1.165) is 62.9 Å². The summed E-state index contributed by atoms with van der Waals surface area (Å²) in [6.45, 7) is 4.61. The molecule has 0 amide bonds. The minimum Gasteiger partial charge on any atom is -0.497 e. The van der Waals surface area contributed by atoms with Crippen LogP contribution in [0.3, 0.4) is 0 Å². The summed E-state index contributed by atoms with van der Waals surface area (Å²) in [5, 5.41) is 14.7. The van der Waals surface area contributed by atoms with E-state index in [4.69, 9.17) is 4.74 Å². The third-order valence-corrected chi connectivity index (χ3v) is 4.22. The first kappa shape index (κ1) is 23.2. The molecule has 0 atom stereocenters. The molecule has 0 aliphatic carbocycles. The number of aliphatic imine (C=N–C) groups is 1. The average Bonchev–Trinajstić information content (AvgIpc) is 3.14. The van der Waals surface area contributed by atoms with E-state index >= 15 is 0 Å². The number of hydrogen-bond donors (Lipinski definition) is 2. The van der Waals surface area contributed by atoms with Crippen LogP contribution in [0.1, 0.15) is 31.2 Å². The predicted octanol–water partition coefficient (Wildman–Crippen LogP) is 2.66. The summed E-state index contributed by atoms with van der Waals surface area (Å²) in [4.78, 5) is 4.26. The Morgan fingerprint density at radius 2 is 1.89 bits per heavy atom. The lowest BCUT2D eigenvalue weighted by atomic mass is 10.1.